The SMILES string of the molecule is COc1ccc(CNCCN2CCCCC2C)cc1OCc1cccnc1. The zero-order valence-electron chi connectivity index (χ0n) is 16.5. The van der Waals surface area contributed by atoms with Crippen molar-refractivity contribution in [2.24, 2.45) is 0 Å². The first kappa shape index (κ1) is 19.6. The van der Waals surface area contributed by atoms with E-state index in [9.17, 15) is 0 Å². The largest absolute Gasteiger partial charge is 0.493 e. The van der Waals surface area contributed by atoms with Crippen molar-refractivity contribution in [2.45, 2.75) is 45.4 Å². The minimum Gasteiger partial charge on any atom is -0.493 e. The first-order valence-electron chi connectivity index (χ1n) is 9.89. The van der Waals surface area contributed by atoms with Crippen molar-refractivity contribution in [3.8, 4) is 11.5 Å². The summed E-state index contributed by atoms with van der Waals surface area (Å²) in [5, 5.41) is 3.56. The van der Waals surface area contributed by atoms with Crippen LogP contribution in [0.15, 0.2) is 42.7 Å². The molecule has 0 bridgehead atoms. The van der Waals surface area contributed by atoms with Crippen molar-refractivity contribution in [1.82, 2.24) is 15.2 Å². The molecule has 5 heteroatoms. The van der Waals surface area contributed by atoms with E-state index in [2.05, 4.69) is 34.3 Å². The summed E-state index contributed by atoms with van der Waals surface area (Å²) in [4.78, 5) is 6.72. The molecule has 1 aliphatic rings. The van der Waals surface area contributed by atoms with Gasteiger partial charge in [0, 0.05) is 43.6 Å². The summed E-state index contributed by atoms with van der Waals surface area (Å²) in [5.74, 6) is 1.52. The summed E-state index contributed by atoms with van der Waals surface area (Å²) in [6, 6.07) is 10.8. The van der Waals surface area contributed by atoms with Crippen molar-refractivity contribution < 1.29 is 9.47 Å². The van der Waals surface area contributed by atoms with Crippen LogP contribution in [0.25, 0.3) is 0 Å². The maximum atomic E-state index is 5.97. The molecule has 2 aromatic rings. The lowest BCUT2D eigenvalue weighted by Gasteiger charge is -2.33. The lowest BCUT2D eigenvalue weighted by molar-refractivity contribution is 0.161. The Morgan fingerprint density at radius 1 is 1.19 bits per heavy atom. The van der Waals surface area contributed by atoms with Gasteiger partial charge in [-0.2, -0.15) is 0 Å². The molecule has 0 saturated carbocycles. The van der Waals surface area contributed by atoms with Crippen LogP contribution in [-0.4, -0.2) is 42.7 Å². The molecule has 1 aromatic heterocycles. The lowest BCUT2D eigenvalue weighted by atomic mass is 10.0. The quantitative estimate of drug-likeness (QED) is 0.684. The molecule has 146 valence electrons. The number of likely N-dealkylation sites (tertiary alicyclic amines) is 1. The monoisotopic (exact) mass is 369 g/mol. The van der Waals surface area contributed by atoms with Gasteiger partial charge in [-0.05, 0) is 50.1 Å². The maximum Gasteiger partial charge on any atom is 0.161 e. The zero-order valence-corrected chi connectivity index (χ0v) is 16.5. The van der Waals surface area contributed by atoms with E-state index < -0.39 is 0 Å². The number of hydrogen-bond acceptors (Lipinski definition) is 5. The van der Waals surface area contributed by atoms with Gasteiger partial charge in [0.15, 0.2) is 11.5 Å². The number of hydrogen-bond donors (Lipinski definition) is 1. The molecule has 3 rings (SSSR count). The smallest absolute Gasteiger partial charge is 0.161 e. The van der Waals surface area contributed by atoms with Gasteiger partial charge in [0.05, 0.1) is 7.11 Å². The van der Waals surface area contributed by atoms with Crippen LogP contribution in [0.5, 0.6) is 11.5 Å². The van der Waals surface area contributed by atoms with Crippen LogP contribution >= 0.6 is 0 Å². The third-order valence-corrected chi connectivity index (χ3v) is 5.19. The van der Waals surface area contributed by atoms with Crippen LogP contribution < -0.4 is 14.8 Å². The molecular weight excluding hydrogens is 338 g/mol. The Morgan fingerprint density at radius 2 is 2.11 bits per heavy atom. The van der Waals surface area contributed by atoms with Gasteiger partial charge < -0.3 is 14.8 Å². The zero-order chi connectivity index (χ0) is 18.9. The van der Waals surface area contributed by atoms with E-state index in [1.807, 2.05) is 24.4 Å². The molecule has 1 fully saturated rings. The number of benzene rings is 1. The van der Waals surface area contributed by atoms with Crippen LogP contribution in [0.1, 0.15) is 37.3 Å². The molecule has 1 atom stereocenters. The fraction of sp³-hybridized carbons (Fsp3) is 0.500. The number of nitrogens with one attached hydrogen (secondary N) is 1. The molecular formula is C22H31N3O2. The summed E-state index contributed by atoms with van der Waals surface area (Å²) in [5.41, 5.74) is 2.24. The fourth-order valence-corrected chi connectivity index (χ4v) is 3.53. The normalized spacial score (nSPS) is 17.6. The predicted octanol–water partition coefficient (Wildman–Crippen LogP) is 3.63. The van der Waals surface area contributed by atoms with Crippen LogP contribution in [0.4, 0.5) is 0 Å². The standard InChI is InChI=1S/C22H31N3O2/c1-18-6-3-4-12-25(18)13-11-24-15-19-8-9-21(26-2)22(14-19)27-17-20-7-5-10-23-16-20/h5,7-10,14,16,18,24H,3-4,6,11-13,15,17H2,1-2H3. The third-order valence-electron chi connectivity index (χ3n) is 5.19. The molecule has 0 spiro atoms. The number of ether oxygens (including phenoxy) is 2. The molecule has 1 aliphatic heterocycles. The third kappa shape index (κ3) is 5.94. The molecule has 1 unspecified atom stereocenters. The highest BCUT2D eigenvalue weighted by Gasteiger charge is 2.17. The number of rotatable bonds is 9. The Morgan fingerprint density at radius 3 is 2.89 bits per heavy atom. The van der Waals surface area contributed by atoms with E-state index in [0.29, 0.717) is 12.6 Å². The van der Waals surface area contributed by atoms with Crippen LogP contribution in [0.3, 0.4) is 0 Å². The molecule has 0 radical (unpaired) electrons. The predicted molar refractivity (Wildman–Crippen MR) is 108 cm³/mol. The summed E-state index contributed by atoms with van der Waals surface area (Å²) < 4.78 is 11.4. The van der Waals surface area contributed by atoms with Crippen LogP contribution in [0, 0.1) is 0 Å². The van der Waals surface area contributed by atoms with Gasteiger partial charge in [0.1, 0.15) is 6.61 Å². The molecule has 5 nitrogen and oxygen atoms in total. The number of methoxy groups -OCH3 is 1. The van der Waals surface area contributed by atoms with Gasteiger partial charge in [-0.25, -0.2) is 0 Å². The summed E-state index contributed by atoms with van der Waals surface area (Å²) in [6.07, 6.45) is 7.62. The minimum absolute atomic E-state index is 0.480. The van der Waals surface area contributed by atoms with E-state index in [4.69, 9.17) is 9.47 Å². The molecule has 1 N–H and O–H groups in total. The van der Waals surface area contributed by atoms with E-state index in [-0.39, 0.29) is 0 Å². The molecule has 1 aromatic carbocycles. The Bertz CT molecular complexity index is 693. The Kier molecular flexibility index (Phi) is 7.48. The van der Waals surface area contributed by atoms with Crippen molar-refractivity contribution in [1.29, 1.82) is 0 Å². The van der Waals surface area contributed by atoms with Gasteiger partial charge in [0.2, 0.25) is 0 Å². The van der Waals surface area contributed by atoms with Gasteiger partial charge in [-0.1, -0.05) is 18.6 Å². The molecule has 0 aliphatic carbocycles. The van der Waals surface area contributed by atoms with E-state index in [1.54, 1.807) is 13.3 Å². The number of piperidine rings is 1. The second-order valence-corrected chi connectivity index (χ2v) is 7.19. The Hall–Kier alpha value is -2.11. The first-order chi connectivity index (χ1) is 13.3. The summed E-state index contributed by atoms with van der Waals surface area (Å²) >= 11 is 0. The van der Waals surface area contributed by atoms with Gasteiger partial charge in [-0.3, -0.25) is 9.88 Å². The highest BCUT2D eigenvalue weighted by Crippen LogP contribution is 2.28. The Balaban J connectivity index is 1.50. The highest BCUT2D eigenvalue weighted by atomic mass is 16.5. The minimum atomic E-state index is 0.480. The van der Waals surface area contributed by atoms with Crippen molar-refractivity contribution in [3.05, 3.63) is 53.9 Å². The van der Waals surface area contributed by atoms with Gasteiger partial charge in [0.25, 0.3) is 0 Å². The Labute approximate surface area is 162 Å². The van der Waals surface area contributed by atoms with Crippen molar-refractivity contribution in [3.63, 3.8) is 0 Å². The molecule has 27 heavy (non-hydrogen) atoms. The number of nitrogens with zero attached hydrogens (tertiary/aromatic N) is 2. The maximum absolute atomic E-state index is 5.97. The molecule has 1 saturated heterocycles. The van der Waals surface area contributed by atoms with E-state index in [1.165, 1.54) is 31.4 Å². The topological polar surface area (TPSA) is 46.6 Å². The van der Waals surface area contributed by atoms with E-state index >= 15 is 0 Å². The highest BCUT2D eigenvalue weighted by molar-refractivity contribution is 5.43. The van der Waals surface area contributed by atoms with Crippen molar-refractivity contribution >= 4 is 0 Å². The fourth-order valence-electron chi connectivity index (χ4n) is 3.53. The average Bonchev–Trinajstić information content (AvgIpc) is 2.71. The number of aromatic nitrogens is 1. The van der Waals surface area contributed by atoms with E-state index in [0.717, 1.165) is 36.7 Å². The second-order valence-electron chi connectivity index (χ2n) is 7.19. The van der Waals surface area contributed by atoms with Crippen molar-refractivity contribution in [2.75, 3.05) is 26.7 Å². The molecule has 2 heterocycles. The van der Waals surface area contributed by atoms with Gasteiger partial charge in [-0.15, -0.1) is 0 Å². The van der Waals surface area contributed by atoms with Gasteiger partial charge >= 0.3 is 0 Å². The van der Waals surface area contributed by atoms with Crippen LogP contribution in [0.2, 0.25) is 0 Å². The van der Waals surface area contributed by atoms with Crippen LogP contribution in [-0.2, 0) is 13.2 Å². The summed E-state index contributed by atoms with van der Waals surface area (Å²) in [7, 11) is 1.67. The molecule has 0 amide bonds. The lowest BCUT2D eigenvalue weighted by Crippen LogP contribution is -2.41. The average molecular weight is 370 g/mol. The second kappa shape index (κ2) is 10.3. The number of pyridine rings is 1. The first-order valence-corrected chi connectivity index (χ1v) is 9.89. The summed E-state index contributed by atoms with van der Waals surface area (Å²) in [6.45, 7) is 7.00.